The molecule has 10 heteroatoms. The largest absolute Gasteiger partial charge is 0.377 e. The molecule has 1 fully saturated rings. The molecule has 1 saturated heterocycles. The normalized spacial score (nSPS) is 15.6. The summed E-state index contributed by atoms with van der Waals surface area (Å²) >= 11 is 0. The molecule has 2 aromatic carbocycles. The molecular formula is C21H23N5O4S. The molecule has 3 aromatic rings. The second-order valence-corrected chi connectivity index (χ2v) is 9.36. The van der Waals surface area contributed by atoms with E-state index in [4.69, 9.17) is 0 Å². The highest BCUT2D eigenvalue weighted by Crippen LogP contribution is 2.33. The molecule has 0 spiro atoms. The van der Waals surface area contributed by atoms with E-state index in [0.29, 0.717) is 18.8 Å². The van der Waals surface area contributed by atoms with Crippen molar-refractivity contribution >= 4 is 21.4 Å². The van der Waals surface area contributed by atoms with Crippen molar-refractivity contribution in [2.75, 3.05) is 18.4 Å². The SMILES string of the molecule is CC(Nc1ccc([N+](=O)[O-])cc1S(=O)(=O)N1CCCC1)c1ccc(-n2cccn2)cc1. The van der Waals surface area contributed by atoms with Crippen molar-refractivity contribution in [1.82, 2.24) is 14.1 Å². The fourth-order valence-electron chi connectivity index (χ4n) is 3.68. The summed E-state index contributed by atoms with van der Waals surface area (Å²) in [5.41, 5.74) is 1.95. The lowest BCUT2D eigenvalue weighted by Crippen LogP contribution is -2.28. The summed E-state index contributed by atoms with van der Waals surface area (Å²) in [4.78, 5) is 10.6. The average molecular weight is 442 g/mol. The van der Waals surface area contributed by atoms with Crippen LogP contribution in [-0.4, -0.2) is 40.5 Å². The Morgan fingerprint density at radius 1 is 1.13 bits per heavy atom. The van der Waals surface area contributed by atoms with Crippen molar-refractivity contribution in [3.8, 4) is 5.69 Å². The lowest BCUT2D eigenvalue weighted by atomic mass is 10.1. The zero-order valence-corrected chi connectivity index (χ0v) is 17.8. The van der Waals surface area contributed by atoms with Gasteiger partial charge < -0.3 is 5.32 Å². The molecule has 1 N–H and O–H groups in total. The molecule has 9 nitrogen and oxygen atoms in total. The Labute approximate surface area is 180 Å². The molecule has 0 amide bonds. The first kappa shape index (κ1) is 21.0. The lowest BCUT2D eigenvalue weighted by molar-refractivity contribution is -0.385. The summed E-state index contributed by atoms with van der Waals surface area (Å²) < 4.78 is 29.5. The highest BCUT2D eigenvalue weighted by molar-refractivity contribution is 7.89. The smallest absolute Gasteiger partial charge is 0.270 e. The fraction of sp³-hybridized carbons (Fsp3) is 0.286. The van der Waals surface area contributed by atoms with E-state index in [9.17, 15) is 18.5 Å². The monoisotopic (exact) mass is 441 g/mol. The van der Waals surface area contributed by atoms with Gasteiger partial charge in [0.25, 0.3) is 5.69 Å². The van der Waals surface area contributed by atoms with Gasteiger partial charge in [0.2, 0.25) is 10.0 Å². The Hall–Kier alpha value is -3.24. The number of nitro groups is 1. The second-order valence-electron chi connectivity index (χ2n) is 7.46. The van der Waals surface area contributed by atoms with Gasteiger partial charge in [0.15, 0.2) is 0 Å². The van der Waals surface area contributed by atoms with Crippen LogP contribution in [0.5, 0.6) is 0 Å². The molecule has 0 radical (unpaired) electrons. The lowest BCUT2D eigenvalue weighted by Gasteiger charge is -2.21. The Morgan fingerprint density at radius 2 is 1.84 bits per heavy atom. The third-order valence-corrected chi connectivity index (χ3v) is 7.33. The van der Waals surface area contributed by atoms with Crippen molar-refractivity contribution in [3.05, 3.63) is 76.6 Å². The van der Waals surface area contributed by atoms with Crippen LogP contribution in [-0.2, 0) is 10.0 Å². The zero-order valence-electron chi connectivity index (χ0n) is 17.0. The maximum Gasteiger partial charge on any atom is 0.270 e. The zero-order chi connectivity index (χ0) is 22.0. The minimum Gasteiger partial charge on any atom is -0.377 e. The Morgan fingerprint density at radius 3 is 2.45 bits per heavy atom. The number of hydrogen-bond acceptors (Lipinski definition) is 6. The third kappa shape index (κ3) is 4.30. The van der Waals surface area contributed by atoms with Crippen LogP contribution in [0.15, 0.2) is 65.8 Å². The van der Waals surface area contributed by atoms with Gasteiger partial charge in [0.05, 0.1) is 16.3 Å². The molecule has 1 aliphatic rings. The number of aromatic nitrogens is 2. The molecule has 0 aliphatic carbocycles. The van der Waals surface area contributed by atoms with Crippen molar-refractivity contribution in [3.63, 3.8) is 0 Å². The van der Waals surface area contributed by atoms with Crippen LogP contribution in [0.4, 0.5) is 11.4 Å². The highest BCUT2D eigenvalue weighted by atomic mass is 32.2. The van der Waals surface area contributed by atoms with E-state index < -0.39 is 14.9 Å². The van der Waals surface area contributed by atoms with Crippen molar-refractivity contribution in [2.24, 2.45) is 0 Å². The summed E-state index contributed by atoms with van der Waals surface area (Å²) in [5.74, 6) is 0. The Kier molecular flexibility index (Phi) is 5.75. The topological polar surface area (TPSA) is 110 Å². The number of benzene rings is 2. The average Bonchev–Trinajstić information content (AvgIpc) is 3.48. The van der Waals surface area contributed by atoms with E-state index in [1.807, 2.05) is 43.5 Å². The van der Waals surface area contributed by atoms with Gasteiger partial charge in [-0.25, -0.2) is 13.1 Å². The maximum atomic E-state index is 13.2. The summed E-state index contributed by atoms with van der Waals surface area (Å²) in [5, 5.41) is 18.7. The Balaban J connectivity index is 1.63. The van der Waals surface area contributed by atoms with Crippen LogP contribution in [0.3, 0.4) is 0 Å². The van der Waals surface area contributed by atoms with Crippen molar-refractivity contribution in [1.29, 1.82) is 0 Å². The molecule has 1 aliphatic heterocycles. The minimum absolute atomic E-state index is 0.0661. The van der Waals surface area contributed by atoms with E-state index >= 15 is 0 Å². The highest BCUT2D eigenvalue weighted by Gasteiger charge is 2.31. The second kappa shape index (κ2) is 8.48. The molecule has 2 heterocycles. The van der Waals surface area contributed by atoms with E-state index in [1.165, 1.54) is 16.4 Å². The van der Waals surface area contributed by atoms with Gasteiger partial charge in [-0.05, 0) is 49.6 Å². The van der Waals surface area contributed by atoms with E-state index in [0.717, 1.165) is 30.2 Å². The van der Waals surface area contributed by atoms with Crippen LogP contribution in [0.1, 0.15) is 31.4 Å². The predicted octanol–water partition coefficient (Wildman–Crippen LogP) is 3.74. The summed E-state index contributed by atoms with van der Waals surface area (Å²) in [6, 6.07) is 13.3. The number of rotatable bonds is 7. The molecule has 1 unspecified atom stereocenters. The van der Waals surface area contributed by atoms with E-state index in [2.05, 4.69) is 10.4 Å². The number of hydrogen-bond donors (Lipinski definition) is 1. The molecule has 0 bridgehead atoms. The maximum absolute atomic E-state index is 13.2. The van der Waals surface area contributed by atoms with Crippen molar-refractivity contribution < 1.29 is 13.3 Å². The molecule has 1 atom stereocenters. The first-order valence-corrected chi connectivity index (χ1v) is 11.5. The molecule has 4 rings (SSSR count). The standard InChI is InChI=1S/C21H23N5O4S/c1-16(17-5-7-18(8-6-17)25-14-4-11-22-25)23-20-10-9-19(26(27)28)15-21(20)31(29,30)24-12-2-3-13-24/h4-11,14-16,23H,2-3,12-13H2,1H3. The van der Waals surface area contributed by atoms with Gasteiger partial charge in [-0.2, -0.15) is 9.40 Å². The third-order valence-electron chi connectivity index (χ3n) is 5.39. The van der Waals surface area contributed by atoms with Gasteiger partial charge in [-0.15, -0.1) is 0 Å². The molecule has 31 heavy (non-hydrogen) atoms. The summed E-state index contributed by atoms with van der Waals surface area (Å²) in [7, 11) is -3.83. The molecule has 0 saturated carbocycles. The predicted molar refractivity (Wildman–Crippen MR) is 117 cm³/mol. The van der Waals surface area contributed by atoms with Crippen LogP contribution >= 0.6 is 0 Å². The first-order chi connectivity index (χ1) is 14.9. The molecular weight excluding hydrogens is 418 g/mol. The quantitative estimate of drug-likeness (QED) is 0.442. The summed E-state index contributed by atoms with van der Waals surface area (Å²) in [6.45, 7) is 2.76. The fourth-order valence-corrected chi connectivity index (χ4v) is 5.37. The van der Waals surface area contributed by atoms with Crippen LogP contribution in [0.25, 0.3) is 5.69 Å². The number of non-ortho nitro benzene ring substituents is 1. The van der Waals surface area contributed by atoms with E-state index in [-0.39, 0.29) is 16.6 Å². The number of sulfonamides is 1. The first-order valence-electron chi connectivity index (χ1n) is 10.0. The molecule has 162 valence electrons. The summed E-state index contributed by atoms with van der Waals surface area (Å²) in [6.07, 6.45) is 5.13. The Bertz CT molecular complexity index is 1170. The molecule has 1 aromatic heterocycles. The van der Waals surface area contributed by atoms with Crippen LogP contribution in [0.2, 0.25) is 0 Å². The van der Waals surface area contributed by atoms with Gasteiger partial charge >= 0.3 is 0 Å². The number of nitrogens with one attached hydrogen (secondary N) is 1. The number of nitro benzene ring substituents is 1. The number of nitrogens with zero attached hydrogens (tertiary/aromatic N) is 4. The van der Waals surface area contributed by atoms with Gasteiger partial charge in [-0.1, -0.05) is 12.1 Å². The minimum atomic E-state index is -3.83. The van der Waals surface area contributed by atoms with Gasteiger partial charge in [0, 0.05) is 43.7 Å². The van der Waals surface area contributed by atoms with Crippen LogP contribution < -0.4 is 5.32 Å². The van der Waals surface area contributed by atoms with Gasteiger partial charge in [-0.3, -0.25) is 10.1 Å². The van der Waals surface area contributed by atoms with Crippen LogP contribution in [0, 0.1) is 10.1 Å². The van der Waals surface area contributed by atoms with Gasteiger partial charge in [0.1, 0.15) is 4.90 Å². The van der Waals surface area contributed by atoms with Crippen molar-refractivity contribution in [2.45, 2.75) is 30.7 Å². The van der Waals surface area contributed by atoms with E-state index in [1.54, 1.807) is 10.9 Å². The number of anilines is 1.